The second-order valence-electron chi connectivity index (χ2n) is 2.52. The fourth-order valence-corrected chi connectivity index (χ4v) is 1.39. The molecule has 4 nitrogen and oxygen atoms in total. The zero-order valence-electron chi connectivity index (χ0n) is 8.56. The number of rotatable bonds is 5. The van der Waals surface area contributed by atoms with E-state index in [1.165, 1.54) is 6.08 Å². The van der Waals surface area contributed by atoms with Crippen LogP contribution in [-0.2, 0) is 14.3 Å². The topological polar surface area (TPSA) is 67.2 Å². The van der Waals surface area contributed by atoms with Crippen LogP contribution in [0.2, 0.25) is 0 Å². The second-order valence-corrected chi connectivity index (χ2v) is 4.71. The lowest BCUT2D eigenvalue weighted by atomic mass is 10.4. The highest BCUT2D eigenvalue weighted by Crippen LogP contribution is 2.27. The van der Waals surface area contributed by atoms with Gasteiger partial charge in [0.2, 0.25) is 0 Å². The molecule has 96 valence electrons. The number of thioether (sulfide) groups is 1. The van der Waals surface area contributed by atoms with Crippen molar-refractivity contribution in [2.75, 3.05) is 0 Å². The van der Waals surface area contributed by atoms with Crippen LogP contribution in [0.4, 0.5) is 13.2 Å². The largest absolute Gasteiger partial charge is 0.534 e. The van der Waals surface area contributed by atoms with Crippen LogP contribution in [-0.4, -0.2) is 13.9 Å². The Balaban J connectivity index is 5.03. The lowest BCUT2D eigenvalue weighted by molar-refractivity contribution is -0.0519. The van der Waals surface area contributed by atoms with Gasteiger partial charge in [0.15, 0.2) is 0 Å². The van der Waals surface area contributed by atoms with Gasteiger partial charge in [0.1, 0.15) is 11.2 Å². The summed E-state index contributed by atoms with van der Waals surface area (Å²) in [4.78, 5) is 0. The number of thiocyanates is 1. The SMILES string of the molecule is CC/C=C/C(=CSC#N)OS(=O)(=O)C(F)(F)F. The first-order valence-electron chi connectivity index (χ1n) is 4.16. The molecule has 0 aliphatic rings. The van der Waals surface area contributed by atoms with Crippen molar-refractivity contribution in [2.24, 2.45) is 0 Å². The number of alkyl halides is 3. The highest BCUT2D eigenvalue weighted by molar-refractivity contribution is 8.06. The van der Waals surface area contributed by atoms with Gasteiger partial charge in [-0.3, -0.25) is 0 Å². The van der Waals surface area contributed by atoms with Crippen LogP contribution in [0.3, 0.4) is 0 Å². The Morgan fingerprint density at radius 2 is 2.12 bits per heavy atom. The van der Waals surface area contributed by atoms with Crippen molar-refractivity contribution in [3.8, 4) is 5.40 Å². The van der Waals surface area contributed by atoms with Crippen LogP contribution in [0.15, 0.2) is 23.3 Å². The van der Waals surface area contributed by atoms with E-state index in [0.717, 1.165) is 11.5 Å². The number of halogens is 3. The van der Waals surface area contributed by atoms with E-state index in [0.29, 0.717) is 18.2 Å². The molecule has 0 saturated carbocycles. The van der Waals surface area contributed by atoms with Crippen molar-refractivity contribution in [3.05, 3.63) is 23.3 Å². The number of hydrogen-bond donors (Lipinski definition) is 0. The molecule has 0 rings (SSSR count). The molecule has 0 fully saturated rings. The summed E-state index contributed by atoms with van der Waals surface area (Å²) < 4.78 is 61.2. The van der Waals surface area contributed by atoms with Crippen LogP contribution >= 0.6 is 11.8 Å². The monoisotopic (exact) mass is 287 g/mol. The summed E-state index contributed by atoms with van der Waals surface area (Å²) in [5.74, 6) is -0.560. The van der Waals surface area contributed by atoms with E-state index in [2.05, 4.69) is 4.18 Å². The Labute approximate surface area is 101 Å². The Morgan fingerprint density at radius 3 is 2.53 bits per heavy atom. The van der Waals surface area contributed by atoms with Gasteiger partial charge in [-0.25, -0.2) is 0 Å². The maximum atomic E-state index is 12.0. The summed E-state index contributed by atoms with van der Waals surface area (Å²) in [6.45, 7) is 1.70. The predicted molar refractivity (Wildman–Crippen MR) is 56.8 cm³/mol. The van der Waals surface area contributed by atoms with Crippen LogP contribution in [0.1, 0.15) is 13.3 Å². The molecular formula is C8H8F3NO3S2. The lowest BCUT2D eigenvalue weighted by Crippen LogP contribution is -2.25. The third-order valence-electron chi connectivity index (χ3n) is 1.24. The highest BCUT2D eigenvalue weighted by atomic mass is 32.2. The van der Waals surface area contributed by atoms with E-state index >= 15 is 0 Å². The minimum absolute atomic E-state index is 0.453. The molecule has 9 heteroatoms. The molecule has 0 aromatic heterocycles. The third kappa shape index (κ3) is 5.65. The van der Waals surface area contributed by atoms with Crippen LogP contribution < -0.4 is 0 Å². The molecule has 17 heavy (non-hydrogen) atoms. The molecule has 0 saturated heterocycles. The van der Waals surface area contributed by atoms with E-state index in [1.807, 2.05) is 0 Å². The third-order valence-corrected chi connectivity index (χ3v) is 2.67. The van der Waals surface area contributed by atoms with E-state index in [9.17, 15) is 21.6 Å². The first-order chi connectivity index (χ1) is 7.74. The minimum atomic E-state index is -5.70. The van der Waals surface area contributed by atoms with E-state index < -0.39 is 21.4 Å². The summed E-state index contributed by atoms with van der Waals surface area (Å²) >= 11 is 0.453. The number of nitrogens with zero attached hydrogens (tertiary/aromatic N) is 1. The van der Waals surface area contributed by atoms with Crippen LogP contribution in [0.5, 0.6) is 0 Å². The van der Waals surface area contributed by atoms with Crippen molar-refractivity contribution >= 4 is 21.9 Å². The molecule has 0 unspecified atom stereocenters. The average molecular weight is 287 g/mol. The van der Waals surface area contributed by atoms with E-state index in [4.69, 9.17) is 5.26 Å². The molecule has 0 N–H and O–H groups in total. The molecule has 0 radical (unpaired) electrons. The summed E-state index contributed by atoms with van der Waals surface area (Å²) in [5, 5.41) is 10.6. The molecule has 0 spiro atoms. The predicted octanol–water partition coefficient (Wildman–Crippen LogP) is 2.87. The quantitative estimate of drug-likeness (QED) is 0.256. The van der Waals surface area contributed by atoms with Gasteiger partial charge in [-0.15, -0.1) is 0 Å². The smallest absolute Gasteiger partial charge is 0.375 e. The summed E-state index contributed by atoms with van der Waals surface area (Å²) in [6.07, 6.45) is 2.92. The molecule has 0 bridgehead atoms. The highest BCUT2D eigenvalue weighted by Gasteiger charge is 2.48. The molecular weight excluding hydrogens is 279 g/mol. The van der Waals surface area contributed by atoms with Gasteiger partial charge >= 0.3 is 15.6 Å². The molecule has 0 atom stereocenters. The Hall–Kier alpha value is -1.14. The van der Waals surface area contributed by atoms with Crippen LogP contribution in [0, 0.1) is 10.7 Å². The van der Waals surface area contributed by atoms with Gasteiger partial charge in [0, 0.05) is 5.41 Å². The maximum absolute atomic E-state index is 12.0. The van der Waals surface area contributed by atoms with Crippen molar-refractivity contribution in [1.29, 1.82) is 5.26 Å². The van der Waals surface area contributed by atoms with Gasteiger partial charge in [-0.05, 0) is 24.3 Å². The second kappa shape index (κ2) is 6.56. The van der Waals surface area contributed by atoms with Crippen molar-refractivity contribution in [2.45, 2.75) is 18.9 Å². The van der Waals surface area contributed by atoms with E-state index in [-0.39, 0.29) is 0 Å². The fraction of sp³-hybridized carbons (Fsp3) is 0.375. The molecule has 0 heterocycles. The van der Waals surface area contributed by atoms with Crippen molar-refractivity contribution < 1.29 is 25.8 Å². The average Bonchev–Trinajstić information content (AvgIpc) is 2.20. The zero-order valence-corrected chi connectivity index (χ0v) is 10.2. The number of hydrogen-bond acceptors (Lipinski definition) is 5. The number of allylic oxidation sites excluding steroid dienone is 2. The Morgan fingerprint density at radius 1 is 1.53 bits per heavy atom. The Kier molecular flexibility index (Phi) is 6.12. The summed E-state index contributed by atoms with van der Waals surface area (Å²) in [5.41, 5.74) is -5.50. The van der Waals surface area contributed by atoms with Crippen molar-refractivity contribution in [3.63, 3.8) is 0 Å². The first kappa shape index (κ1) is 15.9. The van der Waals surface area contributed by atoms with Crippen molar-refractivity contribution in [1.82, 2.24) is 0 Å². The molecule has 0 aromatic rings. The van der Waals surface area contributed by atoms with Gasteiger partial charge < -0.3 is 4.18 Å². The van der Waals surface area contributed by atoms with Crippen LogP contribution in [0.25, 0.3) is 0 Å². The minimum Gasteiger partial charge on any atom is -0.375 e. The lowest BCUT2D eigenvalue weighted by Gasteiger charge is -2.09. The number of nitriles is 1. The normalized spacial score (nSPS) is 13.7. The van der Waals surface area contributed by atoms with E-state index in [1.54, 1.807) is 12.3 Å². The Bertz CT molecular complexity index is 446. The van der Waals surface area contributed by atoms with Gasteiger partial charge in [-0.2, -0.15) is 26.9 Å². The first-order valence-corrected chi connectivity index (χ1v) is 6.45. The molecule has 0 aliphatic carbocycles. The van der Waals surface area contributed by atoms with Gasteiger partial charge in [0.05, 0.1) is 0 Å². The molecule has 0 amide bonds. The summed E-state index contributed by atoms with van der Waals surface area (Å²) in [6, 6.07) is 0. The zero-order chi connectivity index (χ0) is 13.5. The van der Waals surface area contributed by atoms with Gasteiger partial charge in [0.25, 0.3) is 0 Å². The summed E-state index contributed by atoms with van der Waals surface area (Å²) in [7, 11) is -5.70. The fourth-order valence-electron chi connectivity index (χ4n) is 0.579. The molecule has 0 aromatic carbocycles. The maximum Gasteiger partial charge on any atom is 0.534 e. The van der Waals surface area contributed by atoms with Gasteiger partial charge in [-0.1, -0.05) is 13.0 Å². The standard InChI is InChI=1S/C8H8F3NO3S2/c1-2-3-4-7(5-16-6-12)15-17(13,14)8(9,10)11/h3-5H,2H2,1H3/b4-3+,7-5?. The molecule has 0 aliphatic heterocycles.